The first-order valence-corrected chi connectivity index (χ1v) is 9.97. The number of rotatable bonds is 2. The lowest BCUT2D eigenvalue weighted by molar-refractivity contribution is 0.0745. The summed E-state index contributed by atoms with van der Waals surface area (Å²) in [5.74, 6) is -0.140. The molecule has 0 bridgehead atoms. The van der Waals surface area contributed by atoms with Gasteiger partial charge in [-0.1, -0.05) is 30.3 Å². The number of benzene rings is 2. The van der Waals surface area contributed by atoms with Gasteiger partial charge in [-0.2, -0.15) is 0 Å². The maximum absolute atomic E-state index is 13.2. The Balaban J connectivity index is 1.43. The van der Waals surface area contributed by atoms with Crippen molar-refractivity contribution >= 4 is 22.5 Å². The molecule has 0 radical (unpaired) electrons. The molecule has 3 aromatic rings. The fourth-order valence-electron chi connectivity index (χ4n) is 4.49. The topological polar surface area (TPSA) is 45.6 Å². The SMILES string of the molecule is O=C(c1cn2c3c(cccc3c1=O)CCC2)N1CCN(c2ccccc2)CC1. The van der Waals surface area contributed by atoms with E-state index in [0.29, 0.717) is 24.0 Å². The molecule has 142 valence electrons. The first-order valence-electron chi connectivity index (χ1n) is 9.97. The van der Waals surface area contributed by atoms with Crippen molar-refractivity contribution in [2.45, 2.75) is 19.4 Å². The summed E-state index contributed by atoms with van der Waals surface area (Å²) in [6, 6.07) is 16.1. The molecular formula is C23H23N3O2. The number of hydrogen-bond acceptors (Lipinski definition) is 3. The molecule has 1 aromatic heterocycles. The number of carbonyl (C=O) groups is 1. The Hall–Kier alpha value is -3.08. The van der Waals surface area contributed by atoms with Crippen LogP contribution in [0.15, 0.2) is 59.5 Å². The second-order valence-electron chi connectivity index (χ2n) is 7.60. The van der Waals surface area contributed by atoms with Crippen LogP contribution in [0.4, 0.5) is 5.69 Å². The van der Waals surface area contributed by atoms with Crippen molar-refractivity contribution in [2.24, 2.45) is 0 Å². The molecule has 0 unspecified atom stereocenters. The quantitative estimate of drug-likeness (QED) is 0.694. The Bertz CT molecular complexity index is 1100. The van der Waals surface area contributed by atoms with Crippen LogP contribution in [0.2, 0.25) is 0 Å². The molecule has 28 heavy (non-hydrogen) atoms. The molecule has 1 fully saturated rings. The van der Waals surface area contributed by atoms with Crippen LogP contribution < -0.4 is 10.3 Å². The van der Waals surface area contributed by atoms with Gasteiger partial charge in [0.2, 0.25) is 5.43 Å². The molecule has 1 saturated heterocycles. The predicted molar refractivity (Wildman–Crippen MR) is 111 cm³/mol. The number of piperazine rings is 1. The largest absolute Gasteiger partial charge is 0.368 e. The maximum atomic E-state index is 13.2. The van der Waals surface area contributed by atoms with Gasteiger partial charge in [0.05, 0.1) is 5.52 Å². The Morgan fingerprint density at radius 3 is 2.43 bits per heavy atom. The van der Waals surface area contributed by atoms with Crippen LogP contribution in [-0.4, -0.2) is 41.6 Å². The van der Waals surface area contributed by atoms with Crippen molar-refractivity contribution in [3.63, 3.8) is 0 Å². The van der Waals surface area contributed by atoms with E-state index >= 15 is 0 Å². The monoisotopic (exact) mass is 373 g/mol. The molecular weight excluding hydrogens is 350 g/mol. The van der Waals surface area contributed by atoms with Crippen molar-refractivity contribution in [3.8, 4) is 0 Å². The average molecular weight is 373 g/mol. The summed E-state index contributed by atoms with van der Waals surface area (Å²) in [6.45, 7) is 3.68. The molecule has 1 amide bonds. The number of anilines is 1. The lowest BCUT2D eigenvalue weighted by atomic mass is 9.99. The summed E-state index contributed by atoms with van der Waals surface area (Å²) in [6.07, 6.45) is 3.82. The van der Waals surface area contributed by atoms with Gasteiger partial charge < -0.3 is 14.4 Å². The molecule has 2 aliphatic rings. The van der Waals surface area contributed by atoms with Crippen LogP contribution in [0, 0.1) is 0 Å². The molecule has 5 rings (SSSR count). The van der Waals surface area contributed by atoms with Crippen molar-refractivity contribution in [2.75, 3.05) is 31.1 Å². The van der Waals surface area contributed by atoms with E-state index < -0.39 is 0 Å². The average Bonchev–Trinajstić information content (AvgIpc) is 2.76. The highest BCUT2D eigenvalue weighted by atomic mass is 16.2. The van der Waals surface area contributed by atoms with Gasteiger partial charge in [0.25, 0.3) is 5.91 Å². The molecule has 2 aliphatic heterocycles. The van der Waals surface area contributed by atoms with Gasteiger partial charge in [-0.25, -0.2) is 0 Å². The molecule has 0 saturated carbocycles. The lowest BCUT2D eigenvalue weighted by Crippen LogP contribution is -2.49. The molecule has 5 nitrogen and oxygen atoms in total. The molecule has 0 atom stereocenters. The number of aryl methyl sites for hydroxylation is 2. The van der Waals surface area contributed by atoms with E-state index in [9.17, 15) is 9.59 Å². The van der Waals surface area contributed by atoms with Gasteiger partial charge in [0.15, 0.2) is 0 Å². The second-order valence-corrected chi connectivity index (χ2v) is 7.60. The number of para-hydroxylation sites is 2. The number of pyridine rings is 1. The second kappa shape index (κ2) is 6.82. The van der Waals surface area contributed by atoms with E-state index in [4.69, 9.17) is 0 Å². The summed E-state index contributed by atoms with van der Waals surface area (Å²) < 4.78 is 2.10. The first-order chi connectivity index (χ1) is 13.7. The number of carbonyl (C=O) groups excluding carboxylic acids is 1. The fraction of sp³-hybridized carbons (Fsp3) is 0.304. The Morgan fingerprint density at radius 2 is 1.64 bits per heavy atom. The normalized spacial score (nSPS) is 16.4. The van der Waals surface area contributed by atoms with Crippen LogP contribution in [-0.2, 0) is 13.0 Å². The van der Waals surface area contributed by atoms with E-state index in [0.717, 1.165) is 38.0 Å². The summed E-state index contributed by atoms with van der Waals surface area (Å²) in [4.78, 5) is 30.4. The van der Waals surface area contributed by atoms with E-state index in [1.807, 2.05) is 35.2 Å². The van der Waals surface area contributed by atoms with Gasteiger partial charge >= 0.3 is 0 Å². The standard InChI is InChI=1S/C23H23N3O2/c27-22-19-10-4-6-17-7-5-11-26(21(17)19)16-20(22)23(28)25-14-12-24(13-15-25)18-8-2-1-3-9-18/h1-4,6,8-10,16H,5,7,11-15H2. The summed E-state index contributed by atoms with van der Waals surface area (Å²) in [7, 11) is 0. The third kappa shape index (κ3) is 2.78. The molecule has 0 aliphatic carbocycles. The minimum absolute atomic E-state index is 0.134. The van der Waals surface area contributed by atoms with E-state index in [-0.39, 0.29) is 11.3 Å². The van der Waals surface area contributed by atoms with Gasteiger partial charge in [-0.15, -0.1) is 0 Å². The molecule has 0 spiro atoms. The Labute approximate surface area is 163 Å². The number of nitrogens with zero attached hydrogens (tertiary/aromatic N) is 3. The zero-order chi connectivity index (χ0) is 19.1. The maximum Gasteiger partial charge on any atom is 0.259 e. The van der Waals surface area contributed by atoms with Crippen molar-refractivity contribution in [1.82, 2.24) is 9.47 Å². The van der Waals surface area contributed by atoms with E-state index in [1.54, 1.807) is 6.20 Å². The van der Waals surface area contributed by atoms with Crippen LogP contribution in [0.1, 0.15) is 22.3 Å². The van der Waals surface area contributed by atoms with Crippen molar-refractivity contribution in [3.05, 3.63) is 76.1 Å². The third-order valence-corrected chi connectivity index (χ3v) is 5.94. The minimum Gasteiger partial charge on any atom is -0.368 e. The Morgan fingerprint density at radius 1 is 0.857 bits per heavy atom. The fourth-order valence-corrected chi connectivity index (χ4v) is 4.49. The minimum atomic E-state index is -0.140. The summed E-state index contributed by atoms with van der Waals surface area (Å²) in [5, 5.41) is 0.672. The van der Waals surface area contributed by atoms with Crippen molar-refractivity contribution in [1.29, 1.82) is 0 Å². The highest BCUT2D eigenvalue weighted by Gasteiger charge is 2.26. The zero-order valence-corrected chi connectivity index (χ0v) is 15.8. The lowest BCUT2D eigenvalue weighted by Gasteiger charge is -2.36. The summed E-state index contributed by atoms with van der Waals surface area (Å²) in [5.41, 5.74) is 3.56. The van der Waals surface area contributed by atoms with Gasteiger partial charge in [0, 0.05) is 50.0 Å². The van der Waals surface area contributed by atoms with E-state index in [1.165, 1.54) is 11.3 Å². The first kappa shape index (κ1) is 17.0. The highest BCUT2D eigenvalue weighted by molar-refractivity contribution is 5.98. The number of amides is 1. The molecule has 5 heteroatoms. The number of aromatic nitrogens is 1. The van der Waals surface area contributed by atoms with Crippen molar-refractivity contribution < 1.29 is 4.79 Å². The third-order valence-electron chi connectivity index (χ3n) is 5.94. The van der Waals surface area contributed by atoms with Gasteiger partial charge in [-0.3, -0.25) is 9.59 Å². The van der Waals surface area contributed by atoms with Gasteiger partial charge in [0.1, 0.15) is 5.56 Å². The van der Waals surface area contributed by atoms with Crippen LogP contribution in [0.3, 0.4) is 0 Å². The van der Waals surface area contributed by atoms with Gasteiger partial charge in [-0.05, 0) is 36.6 Å². The molecule has 3 heterocycles. The number of hydrogen-bond donors (Lipinski definition) is 0. The predicted octanol–water partition coefficient (Wildman–Crippen LogP) is 2.91. The highest BCUT2D eigenvalue weighted by Crippen LogP contribution is 2.24. The Kier molecular flexibility index (Phi) is 4.15. The summed E-state index contributed by atoms with van der Waals surface area (Å²) >= 11 is 0. The van der Waals surface area contributed by atoms with Crippen LogP contribution in [0.5, 0.6) is 0 Å². The zero-order valence-electron chi connectivity index (χ0n) is 15.8. The smallest absolute Gasteiger partial charge is 0.259 e. The molecule has 0 N–H and O–H groups in total. The molecule has 2 aromatic carbocycles. The van der Waals surface area contributed by atoms with Crippen LogP contribution >= 0.6 is 0 Å². The van der Waals surface area contributed by atoms with E-state index in [2.05, 4.69) is 27.7 Å². The van der Waals surface area contributed by atoms with Crippen LogP contribution in [0.25, 0.3) is 10.9 Å².